The molecular formula is C8H17S+. The minimum Gasteiger partial charge on any atom is -0.0609 e. The number of hydrogen-bond donors (Lipinski definition) is 0. The van der Waals surface area contributed by atoms with Crippen molar-refractivity contribution in [1.82, 2.24) is 0 Å². The van der Waals surface area contributed by atoms with Crippen LogP contribution < -0.4 is 0 Å². The molecule has 0 aromatic carbocycles. The fraction of sp³-hybridized carbons (Fsp3) is 1.00. The Bertz CT molecular complexity index is 62.2. The molecule has 0 aliphatic carbocycles. The van der Waals surface area contributed by atoms with Gasteiger partial charge in [0.25, 0.3) is 0 Å². The lowest BCUT2D eigenvalue weighted by Crippen LogP contribution is -2.20. The quantitative estimate of drug-likeness (QED) is 0.523. The van der Waals surface area contributed by atoms with Gasteiger partial charge in [0.15, 0.2) is 0 Å². The third-order valence-corrected chi connectivity index (χ3v) is 4.58. The zero-order chi connectivity index (χ0) is 6.53. The van der Waals surface area contributed by atoms with Crippen molar-refractivity contribution >= 4 is 10.9 Å². The third kappa shape index (κ3) is 2.61. The molecule has 0 atom stereocenters. The minimum atomic E-state index is 0.855. The second-order valence-corrected chi connectivity index (χ2v) is 5.23. The summed E-state index contributed by atoms with van der Waals surface area (Å²) in [7, 11) is 0.855. The molecule has 0 nitrogen and oxygen atoms in total. The number of hydrogen-bond acceptors (Lipinski definition) is 0. The lowest BCUT2D eigenvalue weighted by Gasteiger charge is -2.12. The Balaban J connectivity index is 2.08. The Morgan fingerprint density at radius 3 is 2.33 bits per heavy atom. The van der Waals surface area contributed by atoms with Gasteiger partial charge in [-0.15, -0.1) is 0 Å². The molecule has 1 fully saturated rings. The second kappa shape index (κ2) is 4.21. The van der Waals surface area contributed by atoms with Crippen molar-refractivity contribution < 1.29 is 0 Å². The molecule has 1 aliphatic heterocycles. The van der Waals surface area contributed by atoms with E-state index in [0.717, 1.165) is 10.9 Å². The zero-order valence-electron chi connectivity index (χ0n) is 6.36. The molecule has 1 aliphatic rings. The highest BCUT2D eigenvalue weighted by Crippen LogP contribution is 2.13. The van der Waals surface area contributed by atoms with Crippen molar-refractivity contribution in [3.8, 4) is 0 Å². The largest absolute Gasteiger partial charge is 0.108 e. The van der Waals surface area contributed by atoms with Crippen LogP contribution in [0.3, 0.4) is 0 Å². The van der Waals surface area contributed by atoms with Gasteiger partial charge in [-0.3, -0.25) is 0 Å². The highest BCUT2D eigenvalue weighted by atomic mass is 32.2. The van der Waals surface area contributed by atoms with Gasteiger partial charge in [-0.2, -0.15) is 0 Å². The van der Waals surface area contributed by atoms with Crippen molar-refractivity contribution in [2.75, 3.05) is 17.3 Å². The highest BCUT2D eigenvalue weighted by Gasteiger charge is 2.19. The lowest BCUT2D eigenvalue weighted by atomic mass is 10.3. The summed E-state index contributed by atoms with van der Waals surface area (Å²) in [5.74, 6) is 4.61. The fourth-order valence-electron chi connectivity index (χ4n) is 1.38. The third-order valence-electron chi connectivity index (χ3n) is 1.86. The SMILES string of the molecule is CCC[S+]1CCCCC1. The summed E-state index contributed by atoms with van der Waals surface area (Å²) in [4.78, 5) is 0. The van der Waals surface area contributed by atoms with Gasteiger partial charge in [-0.1, -0.05) is 6.92 Å². The van der Waals surface area contributed by atoms with E-state index in [1.807, 2.05) is 0 Å². The van der Waals surface area contributed by atoms with Crippen molar-refractivity contribution in [1.29, 1.82) is 0 Å². The molecule has 0 unspecified atom stereocenters. The first-order valence-electron chi connectivity index (χ1n) is 4.07. The van der Waals surface area contributed by atoms with E-state index < -0.39 is 0 Å². The van der Waals surface area contributed by atoms with Gasteiger partial charge >= 0.3 is 0 Å². The van der Waals surface area contributed by atoms with Crippen LogP contribution in [-0.4, -0.2) is 17.3 Å². The van der Waals surface area contributed by atoms with E-state index in [-0.39, 0.29) is 0 Å². The molecule has 0 spiro atoms. The van der Waals surface area contributed by atoms with E-state index in [0.29, 0.717) is 0 Å². The summed E-state index contributed by atoms with van der Waals surface area (Å²) in [6.45, 7) is 2.31. The van der Waals surface area contributed by atoms with Crippen molar-refractivity contribution in [2.24, 2.45) is 0 Å². The smallest absolute Gasteiger partial charge is 0.0609 e. The Morgan fingerprint density at radius 2 is 1.78 bits per heavy atom. The van der Waals surface area contributed by atoms with Crippen molar-refractivity contribution in [3.63, 3.8) is 0 Å². The first-order chi connectivity index (χ1) is 4.43. The summed E-state index contributed by atoms with van der Waals surface area (Å²) in [6, 6.07) is 0. The van der Waals surface area contributed by atoms with Crippen molar-refractivity contribution in [3.05, 3.63) is 0 Å². The van der Waals surface area contributed by atoms with Gasteiger partial charge in [0.2, 0.25) is 0 Å². The summed E-state index contributed by atoms with van der Waals surface area (Å²) < 4.78 is 0. The molecule has 0 bridgehead atoms. The molecule has 1 rings (SSSR count). The van der Waals surface area contributed by atoms with Crippen LogP contribution in [0.25, 0.3) is 0 Å². The minimum absolute atomic E-state index is 0.855. The number of rotatable bonds is 2. The van der Waals surface area contributed by atoms with Crippen LogP contribution in [-0.2, 0) is 10.9 Å². The average molecular weight is 145 g/mol. The maximum Gasteiger partial charge on any atom is 0.108 e. The van der Waals surface area contributed by atoms with Crippen LogP contribution in [0, 0.1) is 0 Å². The zero-order valence-corrected chi connectivity index (χ0v) is 7.17. The first kappa shape index (κ1) is 7.46. The Labute approximate surface area is 61.4 Å². The van der Waals surface area contributed by atoms with Crippen LogP contribution in [0.1, 0.15) is 32.6 Å². The molecule has 1 heteroatoms. The highest BCUT2D eigenvalue weighted by molar-refractivity contribution is 7.96. The molecule has 0 aromatic heterocycles. The summed E-state index contributed by atoms with van der Waals surface area (Å²) in [5, 5.41) is 0. The molecule has 0 amide bonds. The Morgan fingerprint density at radius 1 is 1.11 bits per heavy atom. The molecule has 0 N–H and O–H groups in total. The van der Waals surface area contributed by atoms with E-state index in [4.69, 9.17) is 0 Å². The predicted molar refractivity (Wildman–Crippen MR) is 46.1 cm³/mol. The summed E-state index contributed by atoms with van der Waals surface area (Å²) >= 11 is 0. The van der Waals surface area contributed by atoms with E-state index in [1.165, 1.54) is 31.4 Å². The first-order valence-corrected chi connectivity index (χ1v) is 5.81. The van der Waals surface area contributed by atoms with E-state index >= 15 is 0 Å². The molecule has 0 aromatic rings. The van der Waals surface area contributed by atoms with Crippen LogP contribution in [0.5, 0.6) is 0 Å². The van der Waals surface area contributed by atoms with Gasteiger partial charge < -0.3 is 0 Å². The fourth-order valence-corrected chi connectivity index (χ4v) is 3.80. The van der Waals surface area contributed by atoms with E-state index in [1.54, 1.807) is 11.5 Å². The van der Waals surface area contributed by atoms with Crippen molar-refractivity contribution in [2.45, 2.75) is 32.6 Å². The van der Waals surface area contributed by atoms with Gasteiger partial charge in [0.1, 0.15) is 17.3 Å². The molecule has 0 saturated carbocycles. The average Bonchev–Trinajstić information content (AvgIpc) is 1.91. The summed E-state index contributed by atoms with van der Waals surface area (Å²) in [5.41, 5.74) is 0. The van der Waals surface area contributed by atoms with Gasteiger partial charge in [0.05, 0.1) is 0 Å². The van der Waals surface area contributed by atoms with E-state index in [9.17, 15) is 0 Å². The molecule has 0 radical (unpaired) electrons. The van der Waals surface area contributed by atoms with Crippen LogP contribution in [0.2, 0.25) is 0 Å². The normalized spacial score (nSPS) is 22.3. The summed E-state index contributed by atoms with van der Waals surface area (Å²) in [6.07, 6.45) is 5.95. The lowest BCUT2D eigenvalue weighted by molar-refractivity contribution is 0.755. The second-order valence-electron chi connectivity index (χ2n) is 2.79. The Hall–Kier alpha value is 0.350. The molecular weight excluding hydrogens is 128 g/mol. The van der Waals surface area contributed by atoms with Gasteiger partial charge in [0, 0.05) is 0 Å². The molecule has 54 valence electrons. The maximum absolute atomic E-state index is 2.31. The monoisotopic (exact) mass is 145 g/mol. The van der Waals surface area contributed by atoms with Crippen LogP contribution >= 0.6 is 0 Å². The molecule has 9 heavy (non-hydrogen) atoms. The Kier molecular flexibility index (Phi) is 3.49. The topological polar surface area (TPSA) is 0 Å². The standard InChI is InChI=1S/C8H17S/c1-2-6-9-7-4-3-5-8-9/h2-8H2,1H3/q+1. The molecule has 1 heterocycles. The van der Waals surface area contributed by atoms with Crippen LogP contribution in [0.4, 0.5) is 0 Å². The van der Waals surface area contributed by atoms with Gasteiger partial charge in [-0.05, 0) is 36.6 Å². The predicted octanol–water partition coefficient (Wildman–Crippen LogP) is 2.20. The van der Waals surface area contributed by atoms with E-state index in [2.05, 4.69) is 6.92 Å². The molecule has 1 saturated heterocycles. The van der Waals surface area contributed by atoms with Crippen LogP contribution in [0.15, 0.2) is 0 Å². The van der Waals surface area contributed by atoms with Gasteiger partial charge in [-0.25, -0.2) is 0 Å². The maximum atomic E-state index is 2.31.